The molecule has 116 valence electrons. The van der Waals surface area contributed by atoms with Crippen molar-refractivity contribution in [3.8, 4) is 0 Å². The second-order valence-corrected chi connectivity index (χ2v) is 4.86. The van der Waals surface area contributed by atoms with Gasteiger partial charge in [0.25, 0.3) is 5.56 Å². The number of para-hydroxylation sites is 1. The first kappa shape index (κ1) is 15.8. The zero-order valence-electron chi connectivity index (χ0n) is 12.8. The first-order chi connectivity index (χ1) is 10.6. The standard InChI is InChI=1S/C16H20N4O2/c1-3-12-10-14(21)20(16(17)18-12)11-15(22)19(4-2)13-8-6-5-7-9-13/h5-10H,3-4,11H2,1-2H3,(H2,17,18). The third-order valence-corrected chi connectivity index (χ3v) is 3.43. The summed E-state index contributed by atoms with van der Waals surface area (Å²) >= 11 is 0. The third-order valence-electron chi connectivity index (χ3n) is 3.43. The van der Waals surface area contributed by atoms with Crippen molar-refractivity contribution in [3.63, 3.8) is 0 Å². The number of hydrogen-bond donors (Lipinski definition) is 1. The summed E-state index contributed by atoms with van der Waals surface area (Å²) in [6.07, 6.45) is 0.624. The average Bonchev–Trinajstić information content (AvgIpc) is 2.52. The number of hydrogen-bond acceptors (Lipinski definition) is 4. The van der Waals surface area contributed by atoms with Crippen LogP contribution in [0.25, 0.3) is 0 Å². The van der Waals surface area contributed by atoms with Gasteiger partial charge in [0.1, 0.15) is 6.54 Å². The van der Waals surface area contributed by atoms with Crippen molar-refractivity contribution in [2.24, 2.45) is 0 Å². The van der Waals surface area contributed by atoms with Gasteiger partial charge in [-0.05, 0) is 25.5 Å². The van der Waals surface area contributed by atoms with E-state index in [9.17, 15) is 9.59 Å². The van der Waals surface area contributed by atoms with E-state index in [2.05, 4.69) is 4.98 Å². The van der Waals surface area contributed by atoms with Crippen molar-refractivity contribution in [3.05, 3.63) is 52.4 Å². The minimum absolute atomic E-state index is 0.0711. The lowest BCUT2D eigenvalue weighted by Crippen LogP contribution is -2.37. The molecule has 1 aromatic carbocycles. The summed E-state index contributed by atoms with van der Waals surface area (Å²) in [6.45, 7) is 4.17. The van der Waals surface area contributed by atoms with E-state index < -0.39 is 0 Å². The molecule has 1 amide bonds. The van der Waals surface area contributed by atoms with Crippen LogP contribution in [0.15, 0.2) is 41.2 Å². The zero-order chi connectivity index (χ0) is 16.1. The molecule has 6 nitrogen and oxygen atoms in total. The van der Waals surface area contributed by atoms with Crippen molar-refractivity contribution in [2.75, 3.05) is 17.2 Å². The van der Waals surface area contributed by atoms with Crippen molar-refractivity contribution < 1.29 is 4.79 Å². The normalized spacial score (nSPS) is 10.5. The largest absolute Gasteiger partial charge is 0.369 e. The van der Waals surface area contributed by atoms with Gasteiger partial charge in [-0.3, -0.25) is 14.2 Å². The molecule has 6 heteroatoms. The predicted molar refractivity (Wildman–Crippen MR) is 86.8 cm³/mol. The van der Waals surface area contributed by atoms with Crippen LogP contribution in [0.2, 0.25) is 0 Å². The van der Waals surface area contributed by atoms with Crippen LogP contribution < -0.4 is 16.2 Å². The molecule has 2 rings (SSSR count). The Hall–Kier alpha value is -2.63. The minimum atomic E-state index is -0.304. The first-order valence-corrected chi connectivity index (χ1v) is 7.28. The van der Waals surface area contributed by atoms with E-state index in [1.165, 1.54) is 10.6 Å². The summed E-state index contributed by atoms with van der Waals surface area (Å²) in [4.78, 5) is 30.3. The van der Waals surface area contributed by atoms with Crippen molar-refractivity contribution >= 4 is 17.5 Å². The Morgan fingerprint density at radius 3 is 2.50 bits per heavy atom. The van der Waals surface area contributed by atoms with Gasteiger partial charge in [0.15, 0.2) is 0 Å². The second-order valence-electron chi connectivity index (χ2n) is 4.86. The van der Waals surface area contributed by atoms with E-state index in [-0.39, 0.29) is 24.0 Å². The van der Waals surface area contributed by atoms with Crippen LogP contribution in [0.4, 0.5) is 11.6 Å². The maximum Gasteiger partial charge on any atom is 0.255 e. The number of nitrogens with two attached hydrogens (primary N) is 1. The van der Waals surface area contributed by atoms with E-state index >= 15 is 0 Å². The van der Waals surface area contributed by atoms with E-state index in [0.717, 1.165) is 5.69 Å². The Labute approximate surface area is 129 Å². The smallest absolute Gasteiger partial charge is 0.255 e. The molecule has 0 atom stereocenters. The zero-order valence-corrected chi connectivity index (χ0v) is 12.8. The molecule has 0 spiro atoms. The number of likely N-dealkylation sites (N-methyl/N-ethyl adjacent to an activating group) is 1. The highest BCUT2D eigenvalue weighted by Crippen LogP contribution is 2.13. The predicted octanol–water partition coefficient (Wildman–Crippen LogP) is 1.44. The fourth-order valence-corrected chi connectivity index (χ4v) is 2.24. The number of nitrogen functional groups attached to an aromatic ring is 1. The quantitative estimate of drug-likeness (QED) is 0.906. The Morgan fingerprint density at radius 1 is 1.27 bits per heavy atom. The van der Waals surface area contributed by atoms with Crippen LogP contribution in [0, 0.1) is 0 Å². The molecule has 22 heavy (non-hydrogen) atoms. The van der Waals surface area contributed by atoms with Crippen LogP contribution >= 0.6 is 0 Å². The molecule has 2 aromatic rings. The Balaban J connectivity index is 2.27. The van der Waals surface area contributed by atoms with Crippen LogP contribution in [0.5, 0.6) is 0 Å². The van der Waals surface area contributed by atoms with Crippen molar-refractivity contribution in [1.29, 1.82) is 0 Å². The lowest BCUT2D eigenvalue weighted by Gasteiger charge is -2.21. The molecule has 0 radical (unpaired) electrons. The molecule has 0 fully saturated rings. The number of carbonyl (C=O) groups excluding carboxylic acids is 1. The first-order valence-electron chi connectivity index (χ1n) is 7.28. The molecule has 1 aromatic heterocycles. The summed E-state index contributed by atoms with van der Waals surface area (Å²) < 4.78 is 1.20. The lowest BCUT2D eigenvalue weighted by molar-refractivity contribution is -0.119. The number of carbonyl (C=O) groups is 1. The summed E-state index contributed by atoms with van der Waals surface area (Å²) in [5, 5.41) is 0. The topological polar surface area (TPSA) is 81.2 Å². The van der Waals surface area contributed by atoms with Gasteiger partial charge in [0, 0.05) is 24.0 Å². The van der Waals surface area contributed by atoms with Gasteiger partial charge in [-0.1, -0.05) is 25.1 Å². The molecule has 1 heterocycles. The summed E-state index contributed by atoms with van der Waals surface area (Å²) in [7, 11) is 0. The SMILES string of the molecule is CCc1cc(=O)n(CC(=O)N(CC)c2ccccc2)c(N)n1. The van der Waals surface area contributed by atoms with Gasteiger partial charge >= 0.3 is 0 Å². The maximum atomic E-state index is 12.5. The number of aromatic nitrogens is 2. The Bertz CT molecular complexity index is 710. The molecule has 0 bridgehead atoms. The molecule has 0 saturated heterocycles. The maximum absolute atomic E-state index is 12.5. The van der Waals surface area contributed by atoms with Crippen LogP contribution in [-0.2, 0) is 17.8 Å². The molecule has 2 N–H and O–H groups in total. The van der Waals surface area contributed by atoms with Gasteiger partial charge < -0.3 is 10.6 Å². The summed E-state index contributed by atoms with van der Waals surface area (Å²) in [5.41, 5.74) is 6.92. The highest BCUT2D eigenvalue weighted by Gasteiger charge is 2.16. The highest BCUT2D eigenvalue weighted by molar-refractivity contribution is 5.93. The Kier molecular flexibility index (Phi) is 4.93. The number of nitrogens with zero attached hydrogens (tertiary/aromatic N) is 3. The fourth-order valence-electron chi connectivity index (χ4n) is 2.24. The van der Waals surface area contributed by atoms with Crippen molar-refractivity contribution in [1.82, 2.24) is 9.55 Å². The number of benzene rings is 1. The van der Waals surface area contributed by atoms with Gasteiger partial charge in [-0.25, -0.2) is 4.98 Å². The van der Waals surface area contributed by atoms with Gasteiger partial charge in [-0.2, -0.15) is 0 Å². The number of amides is 1. The van der Waals surface area contributed by atoms with E-state index in [1.807, 2.05) is 44.2 Å². The Morgan fingerprint density at radius 2 is 1.95 bits per heavy atom. The molecular formula is C16H20N4O2. The van der Waals surface area contributed by atoms with Gasteiger partial charge in [0.05, 0.1) is 0 Å². The second kappa shape index (κ2) is 6.89. The molecule has 0 saturated carbocycles. The number of rotatable bonds is 5. The van der Waals surface area contributed by atoms with Gasteiger partial charge in [0.2, 0.25) is 11.9 Å². The minimum Gasteiger partial charge on any atom is -0.369 e. The van der Waals surface area contributed by atoms with E-state index in [0.29, 0.717) is 18.7 Å². The van der Waals surface area contributed by atoms with E-state index in [4.69, 9.17) is 5.73 Å². The van der Waals surface area contributed by atoms with Crippen molar-refractivity contribution in [2.45, 2.75) is 26.8 Å². The summed E-state index contributed by atoms with van der Waals surface area (Å²) in [6, 6.07) is 10.7. The molecule has 0 aliphatic heterocycles. The third kappa shape index (κ3) is 3.33. The number of anilines is 2. The van der Waals surface area contributed by atoms with Gasteiger partial charge in [-0.15, -0.1) is 0 Å². The lowest BCUT2D eigenvalue weighted by atomic mass is 10.3. The summed E-state index contributed by atoms with van der Waals surface area (Å²) in [5.74, 6) is -0.129. The average molecular weight is 300 g/mol. The molecule has 0 unspecified atom stereocenters. The monoisotopic (exact) mass is 300 g/mol. The molecular weight excluding hydrogens is 280 g/mol. The van der Waals surface area contributed by atoms with Crippen LogP contribution in [0.3, 0.4) is 0 Å². The molecule has 0 aliphatic carbocycles. The van der Waals surface area contributed by atoms with Crippen LogP contribution in [0.1, 0.15) is 19.5 Å². The highest BCUT2D eigenvalue weighted by atomic mass is 16.2. The number of aryl methyl sites for hydroxylation is 1. The fraction of sp³-hybridized carbons (Fsp3) is 0.312. The molecule has 0 aliphatic rings. The van der Waals surface area contributed by atoms with E-state index in [1.54, 1.807) is 4.90 Å². The van der Waals surface area contributed by atoms with Crippen LogP contribution in [-0.4, -0.2) is 22.0 Å².